The molecule has 1 saturated heterocycles. The van der Waals surface area contributed by atoms with Gasteiger partial charge in [-0.15, -0.1) is 0 Å². The van der Waals surface area contributed by atoms with Gasteiger partial charge in [0.15, 0.2) is 6.10 Å². The van der Waals surface area contributed by atoms with Crippen molar-refractivity contribution in [1.29, 1.82) is 0 Å². The van der Waals surface area contributed by atoms with Crippen LogP contribution in [0, 0.1) is 5.92 Å². The minimum absolute atomic E-state index is 0.0377. The van der Waals surface area contributed by atoms with Crippen LogP contribution in [0.4, 0.5) is 0 Å². The number of ether oxygens (including phenoxy) is 1. The molecule has 1 rings (SSSR count). The number of carbonyl (C=O) groups excluding carboxylic acids is 2. The highest BCUT2D eigenvalue weighted by molar-refractivity contribution is 7.99. The second-order valence-electron chi connectivity index (χ2n) is 3.09. The molecule has 1 heterocycles. The minimum atomic E-state index is -1.28. The summed E-state index contributed by atoms with van der Waals surface area (Å²) in [5.41, 5.74) is 0. The molecule has 1 fully saturated rings. The zero-order valence-corrected chi connectivity index (χ0v) is 8.88. The van der Waals surface area contributed by atoms with E-state index in [1.54, 1.807) is 18.7 Å². The zero-order valence-electron chi connectivity index (χ0n) is 8.06. The molecule has 4 nitrogen and oxygen atoms in total. The molecule has 2 atom stereocenters. The van der Waals surface area contributed by atoms with E-state index in [2.05, 4.69) is 4.74 Å². The number of esters is 1. The van der Waals surface area contributed by atoms with E-state index in [1.165, 1.54) is 0 Å². The van der Waals surface area contributed by atoms with Crippen LogP contribution in [0.2, 0.25) is 0 Å². The third kappa shape index (κ3) is 2.72. The molecule has 0 saturated carbocycles. The Kier molecular flexibility index (Phi) is 4.41. The molecule has 0 unspecified atom stereocenters. The second-order valence-corrected chi connectivity index (χ2v) is 4.24. The molecule has 0 amide bonds. The van der Waals surface area contributed by atoms with Gasteiger partial charge in [-0.1, -0.05) is 0 Å². The number of aliphatic hydroxyl groups is 1. The Bertz CT molecular complexity index is 229. The number of hydrogen-bond donors (Lipinski definition) is 1. The van der Waals surface area contributed by atoms with Crippen molar-refractivity contribution in [3.05, 3.63) is 0 Å². The predicted molar refractivity (Wildman–Crippen MR) is 53.1 cm³/mol. The number of thioether (sulfide) groups is 1. The van der Waals surface area contributed by atoms with Crippen molar-refractivity contribution < 1.29 is 19.4 Å². The van der Waals surface area contributed by atoms with E-state index in [4.69, 9.17) is 0 Å². The zero-order chi connectivity index (χ0) is 10.6. The van der Waals surface area contributed by atoms with Crippen LogP contribution in [0.1, 0.15) is 13.3 Å². The summed E-state index contributed by atoms with van der Waals surface area (Å²) < 4.78 is 4.65. The van der Waals surface area contributed by atoms with Crippen molar-refractivity contribution in [1.82, 2.24) is 0 Å². The lowest BCUT2D eigenvalue weighted by molar-refractivity contribution is -0.158. The van der Waals surface area contributed by atoms with E-state index in [0.29, 0.717) is 12.2 Å². The van der Waals surface area contributed by atoms with E-state index in [0.717, 1.165) is 5.75 Å². The summed E-state index contributed by atoms with van der Waals surface area (Å²) in [4.78, 5) is 22.5. The van der Waals surface area contributed by atoms with Gasteiger partial charge >= 0.3 is 5.97 Å². The summed E-state index contributed by atoms with van der Waals surface area (Å²) in [7, 11) is 0. The van der Waals surface area contributed by atoms with Crippen molar-refractivity contribution in [3.63, 3.8) is 0 Å². The monoisotopic (exact) mass is 218 g/mol. The first-order chi connectivity index (χ1) is 6.66. The Morgan fingerprint density at radius 3 is 3.07 bits per heavy atom. The molecular formula is C9H14O4S. The molecule has 14 heavy (non-hydrogen) atoms. The van der Waals surface area contributed by atoms with Crippen molar-refractivity contribution >= 4 is 23.5 Å². The third-order valence-corrected chi connectivity index (χ3v) is 3.20. The van der Waals surface area contributed by atoms with Gasteiger partial charge < -0.3 is 9.84 Å². The van der Waals surface area contributed by atoms with Crippen molar-refractivity contribution in [2.45, 2.75) is 19.4 Å². The van der Waals surface area contributed by atoms with Gasteiger partial charge in [-0.25, -0.2) is 4.79 Å². The van der Waals surface area contributed by atoms with Crippen LogP contribution in [0.3, 0.4) is 0 Å². The maximum Gasteiger partial charge on any atom is 0.335 e. The Morgan fingerprint density at radius 2 is 2.50 bits per heavy atom. The Morgan fingerprint density at radius 1 is 1.79 bits per heavy atom. The summed E-state index contributed by atoms with van der Waals surface area (Å²) in [6.45, 7) is 1.89. The maximum absolute atomic E-state index is 11.4. The van der Waals surface area contributed by atoms with Crippen LogP contribution in [0.5, 0.6) is 0 Å². The fourth-order valence-corrected chi connectivity index (χ4v) is 2.45. The largest absolute Gasteiger partial charge is 0.464 e. The van der Waals surface area contributed by atoms with Gasteiger partial charge in [0, 0.05) is 17.9 Å². The Balaban J connectivity index is 2.53. The summed E-state index contributed by atoms with van der Waals surface area (Å²) in [6, 6.07) is 0. The minimum Gasteiger partial charge on any atom is -0.464 e. The van der Waals surface area contributed by atoms with E-state index < -0.39 is 18.0 Å². The maximum atomic E-state index is 11.4. The highest BCUT2D eigenvalue weighted by Gasteiger charge is 2.34. The topological polar surface area (TPSA) is 63.6 Å². The normalized spacial score (nSPS) is 24.4. The second kappa shape index (κ2) is 5.36. The van der Waals surface area contributed by atoms with Gasteiger partial charge in [0.25, 0.3) is 0 Å². The van der Waals surface area contributed by atoms with Crippen LogP contribution in [0.15, 0.2) is 0 Å². The van der Waals surface area contributed by atoms with Crippen LogP contribution in [0.25, 0.3) is 0 Å². The van der Waals surface area contributed by atoms with Gasteiger partial charge in [-0.3, -0.25) is 4.79 Å². The average molecular weight is 218 g/mol. The van der Waals surface area contributed by atoms with E-state index >= 15 is 0 Å². The molecule has 0 radical (unpaired) electrons. The van der Waals surface area contributed by atoms with Crippen molar-refractivity contribution in [3.8, 4) is 0 Å². The third-order valence-electron chi connectivity index (χ3n) is 2.11. The predicted octanol–water partition coefficient (Wildman–Crippen LogP) is 0.233. The molecule has 0 aromatic carbocycles. The summed E-state index contributed by atoms with van der Waals surface area (Å²) >= 11 is 1.58. The number of aliphatic hydroxyl groups excluding tert-OH is 1. The number of ketones is 1. The molecule has 0 spiro atoms. The first-order valence-electron chi connectivity index (χ1n) is 4.62. The van der Waals surface area contributed by atoms with E-state index in [9.17, 15) is 14.7 Å². The molecule has 0 aliphatic carbocycles. The number of carbonyl (C=O) groups is 2. The summed E-state index contributed by atoms with van der Waals surface area (Å²) in [6.07, 6.45) is -0.846. The average Bonchev–Trinajstić information content (AvgIpc) is 2.18. The lowest BCUT2D eigenvalue weighted by Crippen LogP contribution is -2.39. The molecule has 0 aromatic heterocycles. The molecule has 5 heteroatoms. The molecule has 1 aliphatic rings. The first-order valence-corrected chi connectivity index (χ1v) is 5.77. The molecule has 80 valence electrons. The molecular weight excluding hydrogens is 204 g/mol. The van der Waals surface area contributed by atoms with Gasteiger partial charge in [-0.05, 0) is 6.92 Å². The Labute approximate surface area is 87.0 Å². The van der Waals surface area contributed by atoms with E-state index in [1.807, 2.05) is 0 Å². The lowest BCUT2D eigenvalue weighted by atomic mass is 9.97. The van der Waals surface area contributed by atoms with Gasteiger partial charge in [0.2, 0.25) is 0 Å². The molecule has 0 bridgehead atoms. The number of rotatable bonds is 3. The quantitative estimate of drug-likeness (QED) is 0.687. The Hall–Kier alpha value is -0.550. The number of hydrogen-bond acceptors (Lipinski definition) is 5. The first kappa shape index (κ1) is 11.5. The van der Waals surface area contributed by atoms with Crippen LogP contribution in [-0.4, -0.2) is 41.1 Å². The van der Waals surface area contributed by atoms with E-state index in [-0.39, 0.29) is 12.4 Å². The fourth-order valence-electron chi connectivity index (χ4n) is 1.32. The molecule has 1 N–H and O–H groups in total. The van der Waals surface area contributed by atoms with Gasteiger partial charge in [0.1, 0.15) is 5.78 Å². The van der Waals surface area contributed by atoms with Crippen molar-refractivity contribution in [2.24, 2.45) is 5.92 Å². The summed E-state index contributed by atoms with van der Waals surface area (Å²) in [5, 5.41) is 9.54. The highest BCUT2D eigenvalue weighted by Crippen LogP contribution is 2.23. The smallest absolute Gasteiger partial charge is 0.335 e. The van der Waals surface area contributed by atoms with Crippen LogP contribution in [-0.2, 0) is 14.3 Å². The SMILES string of the molecule is CCOC(=O)[C@@H](O)[C@@H]1CSCCC1=O. The summed E-state index contributed by atoms with van der Waals surface area (Å²) in [5.74, 6) is -0.00518. The number of Topliss-reactive ketones (excluding diaryl/α,β-unsaturated/α-hetero) is 1. The standard InChI is InChI=1S/C9H14O4S/c1-2-13-9(12)8(11)6-5-14-4-3-7(6)10/h6,8,11H,2-5H2,1H3/t6-,8+/m1/s1. The van der Waals surface area contributed by atoms with Gasteiger partial charge in [0.05, 0.1) is 12.5 Å². The van der Waals surface area contributed by atoms with Crippen molar-refractivity contribution in [2.75, 3.05) is 18.1 Å². The molecule has 0 aromatic rings. The van der Waals surface area contributed by atoms with Crippen LogP contribution >= 0.6 is 11.8 Å². The molecule has 1 aliphatic heterocycles. The lowest BCUT2D eigenvalue weighted by Gasteiger charge is -2.23. The highest BCUT2D eigenvalue weighted by atomic mass is 32.2. The van der Waals surface area contributed by atoms with Crippen LogP contribution < -0.4 is 0 Å². The van der Waals surface area contributed by atoms with Gasteiger partial charge in [-0.2, -0.15) is 11.8 Å². The fraction of sp³-hybridized carbons (Fsp3) is 0.778.